The zero-order valence-corrected chi connectivity index (χ0v) is 22.0. The number of para-hydroxylation sites is 2. The number of carbonyl (C=O) groups is 2. The van der Waals surface area contributed by atoms with E-state index in [1.165, 1.54) is 18.0 Å². The van der Waals surface area contributed by atoms with Gasteiger partial charge < -0.3 is 20.1 Å². The molecular formula is C29H26N6O5. The molecule has 11 heteroatoms. The Balaban J connectivity index is 1.25. The fraction of sp³-hybridized carbons (Fsp3) is 0.138. The SMILES string of the molecule is COc1cc(C=NN=C2C(=O)Nc3ccccc32)ccc1OCC(=O)Nc1c(C)n(C)n(-c2ccccc2)c1=O. The maximum Gasteiger partial charge on any atom is 0.295 e. The molecule has 0 aliphatic carbocycles. The van der Waals surface area contributed by atoms with E-state index in [2.05, 4.69) is 20.8 Å². The first-order valence-corrected chi connectivity index (χ1v) is 12.3. The monoisotopic (exact) mass is 538 g/mol. The van der Waals surface area contributed by atoms with Crippen LogP contribution in [0.4, 0.5) is 11.4 Å². The van der Waals surface area contributed by atoms with Crippen molar-refractivity contribution >= 4 is 35.1 Å². The third kappa shape index (κ3) is 5.12. The number of aromatic nitrogens is 2. The Labute approximate surface area is 229 Å². The second kappa shape index (κ2) is 11.1. The van der Waals surface area contributed by atoms with E-state index in [1.54, 1.807) is 49.0 Å². The summed E-state index contributed by atoms with van der Waals surface area (Å²) in [5.41, 5.74) is 3.38. The Morgan fingerprint density at radius 3 is 2.55 bits per heavy atom. The fourth-order valence-corrected chi connectivity index (χ4v) is 4.27. The molecule has 1 aliphatic heterocycles. The number of nitrogens with zero attached hydrogens (tertiary/aromatic N) is 4. The summed E-state index contributed by atoms with van der Waals surface area (Å²) in [7, 11) is 3.22. The van der Waals surface area contributed by atoms with E-state index >= 15 is 0 Å². The maximum atomic E-state index is 13.0. The minimum atomic E-state index is -0.496. The molecule has 0 atom stereocenters. The molecule has 0 bridgehead atoms. The van der Waals surface area contributed by atoms with E-state index in [4.69, 9.17) is 9.47 Å². The first-order valence-electron chi connectivity index (χ1n) is 12.3. The van der Waals surface area contributed by atoms with E-state index in [9.17, 15) is 14.4 Å². The van der Waals surface area contributed by atoms with E-state index in [0.717, 1.165) is 0 Å². The molecule has 0 saturated carbocycles. The van der Waals surface area contributed by atoms with Crippen molar-refractivity contribution in [3.63, 3.8) is 0 Å². The van der Waals surface area contributed by atoms with Crippen molar-refractivity contribution in [2.24, 2.45) is 17.3 Å². The molecule has 202 valence electrons. The molecule has 0 radical (unpaired) electrons. The molecule has 5 rings (SSSR count). The summed E-state index contributed by atoms with van der Waals surface area (Å²) >= 11 is 0. The van der Waals surface area contributed by atoms with Gasteiger partial charge in [-0.15, -0.1) is 5.10 Å². The smallest absolute Gasteiger partial charge is 0.295 e. The number of benzene rings is 3. The largest absolute Gasteiger partial charge is 0.493 e. The van der Waals surface area contributed by atoms with Gasteiger partial charge in [-0.3, -0.25) is 19.1 Å². The first kappa shape index (κ1) is 26.2. The lowest BCUT2D eigenvalue weighted by molar-refractivity contribution is -0.118. The Morgan fingerprint density at radius 1 is 1.02 bits per heavy atom. The summed E-state index contributed by atoms with van der Waals surface area (Å²) < 4.78 is 14.3. The van der Waals surface area contributed by atoms with Crippen LogP contribution in [0.5, 0.6) is 11.5 Å². The van der Waals surface area contributed by atoms with Gasteiger partial charge in [0.05, 0.1) is 30.4 Å². The minimum Gasteiger partial charge on any atom is -0.493 e. The minimum absolute atomic E-state index is 0.179. The summed E-state index contributed by atoms with van der Waals surface area (Å²) in [5, 5.41) is 13.5. The van der Waals surface area contributed by atoms with Crippen molar-refractivity contribution in [2.75, 3.05) is 24.4 Å². The molecule has 11 nitrogen and oxygen atoms in total. The molecule has 2 heterocycles. The number of nitrogens with one attached hydrogen (secondary N) is 2. The zero-order valence-electron chi connectivity index (χ0n) is 22.0. The number of hydrogen-bond donors (Lipinski definition) is 2. The van der Waals surface area contributed by atoms with Crippen molar-refractivity contribution < 1.29 is 19.1 Å². The van der Waals surface area contributed by atoms with Gasteiger partial charge >= 0.3 is 0 Å². The number of carbonyl (C=O) groups excluding carboxylic acids is 2. The third-order valence-electron chi connectivity index (χ3n) is 6.38. The highest BCUT2D eigenvalue weighted by Gasteiger charge is 2.25. The van der Waals surface area contributed by atoms with Crippen molar-refractivity contribution in [1.82, 2.24) is 9.36 Å². The Hall–Kier alpha value is -5.45. The van der Waals surface area contributed by atoms with Crippen LogP contribution in [0.2, 0.25) is 0 Å². The van der Waals surface area contributed by atoms with Gasteiger partial charge in [0, 0.05) is 12.6 Å². The molecule has 2 N–H and O–H groups in total. The lowest BCUT2D eigenvalue weighted by Crippen LogP contribution is -2.25. The second-order valence-corrected chi connectivity index (χ2v) is 8.88. The van der Waals surface area contributed by atoms with Crippen LogP contribution < -0.4 is 25.7 Å². The van der Waals surface area contributed by atoms with Crippen LogP contribution in [0, 0.1) is 6.92 Å². The Morgan fingerprint density at radius 2 is 1.77 bits per heavy atom. The summed E-state index contributed by atoms with van der Waals surface area (Å²) in [4.78, 5) is 37.9. The van der Waals surface area contributed by atoms with E-state index < -0.39 is 5.91 Å². The number of anilines is 2. The molecule has 1 aromatic heterocycles. The van der Waals surface area contributed by atoms with Gasteiger partial charge in [-0.25, -0.2) is 4.68 Å². The lowest BCUT2D eigenvalue weighted by Gasteiger charge is -2.11. The van der Waals surface area contributed by atoms with Crippen LogP contribution in [0.1, 0.15) is 16.8 Å². The summed E-state index contributed by atoms with van der Waals surface area (Å²) in [6, 6.07) is 21.4. The van der Waals surface area contributed by atoms with Crippen LogP contribution in [-0.4, -0.2) is 46.8 Å². The van der Waals surface area contributed by atoms with Gasteiger partial charge in [0.25, 0.3) is 17.4 Å². The molecule has 40 heavy (non-hydrogen) atoms. The molecule has 3 aromatic carbocycles. The average Bonchev–Trinajstić information content (AvgIpc) is 3.39. The van der Waals surface area contributed by atoms with E-state index in [1.807, 2.05) is 42.5 Å². The highest BCUT2D eigenvalue weighted by atomic mass is 16.5. The van der Waals surface area contributed by atoms with Gasteiger partial charge in [-0.2, -0.15) is 5.10 Å². The van der Waals surface area contributed by atoms with Crippen molar-refractivity contribution in [3.8, 4) is 17.2 Å². The molecular weight excluding hydrogens is 512 g/mol. The summed E-state index contributed by atoms with van der Waals surface area (Å²) in [5.74, 6) is -0.111. The molecule has 0 saturated heterocycles. The quantitative estimate of drug-likeness (QED) is 0.263. The predicted octanol–water partition coefficient (Wildman–Crippen LogP) is 3.29. The average molecular weight is 539 g/mol. The highest BCUT2D eigenvalue weighted by molar-refractivity contribution is 6.53. The predicted molar refractivity (Wildman–Crippen MR) is 152 cm³/mol. The van der Waals surface area contributed by atoms with Gasteiger partial charge in [-0.1, -0.05) is 36.4 Å². The number of hydrogen-bond acceptors (Lipinski definition) is 7. The number of methoxy groups -OCH3 is 1. The Kier molecular flexibility index (Phi) is 7.27. The van der Waals surface area contributed by atoms with Crippen LogP contribution in [-0.2, 0) is 16.6 Å². The zero-order chi connectivity index (χ0) is 28.2. The van der Waals surface area contributed by atoms with E-state index in [-0.39, 0.29) is 29.5 Å². The standard InChI is InChI=1S/C29H26N6O5/c1-18-26(29(38)35(34(18)2)20-9-5-4-6-10-20)32-25(36)17-40-23-14-13-19(15-24(23)39-3)16-30-33-27-21-11-7-8-12-22(21)31-28(27)37/h4-16H,17H2,1-3H3,(H,32,36)(H,31,33,37). The van der Waals surface area contributed by atoms with Gasteiger partial charge in [0.2, 0.25) is 0 Å². The number of rotatable bonds is 8. The Bertz CT molecular complexity index is 1720. The van der Waals surface area contributed by atoms with Crippen LogP contribution in [0.25, 0.3) is 5.69 Å². The molecule has 0 unspecified atom stereocenters. The lowest BCUT2D eigenvalue weighted by atomic mass is 10.1. The van der Waals surface area contributed by atoms with Gasteiger partial charge in [0.15, 0.2) is 23.8 Å². The molecule has 4 aromatic rings. The fourth-order valence-electron chi connectivity index (χ4n) is 4.27. The van der Waals surface area contributed by atoms with E-state index in [0.29, 0.717) is 39.7 Å². The van der Waals surface area contributed by atoms with Gasteiger partial charge in [-0.05, 0) is 48.9 Å². The number of fused-ring (bicyclic) bond motifs is 1. The summed E-state index contributed by atoms with van der Waals surface area (Å²) in [6.07, 6.45) is 1.48. The number of amides is 2. The highest BCUT2D eigenvalue weighted by Crippen LogP contribution is 2.28. The summed E-state index contributed by atoms with van der Waals surface area (Å²) in [6.45, 7) is 1.41. The normalized spacial score (nSPS) is 13.4. The van der Waals surface area contributed by atoms with Crippen molar-refractivity contribution in [2.45, 2.75) is 6.92 Å². The van der Waals surface area contributed by atoms with Crippen molar-refractivity contribution in [1.29, 1.82) is 0 Å². The second-order valence-electron chi connectivity index (χ2n) is 8.88. The molecule has 1 aliphatic rings. The topological polar surface area (TPSA) is 128 Å². The third-order valence-corrected chi connectivity index (χ3v) is 6.38. The molecule has 0 spiro atoms. The van der Waals surface area contributed by atoms with Crippen LogP contribution in [0.15, 0.2) is 87.8 Å². The van der Waals surface area contributed by atoms with Crippen molar-refractivity contribution in [3.05, 3.63) is 100.0 Å². The molecule has 2 amide bonds. The maximum absolute atomic E-state index is 13.0. The molecule has 0 fully saturated rings. The van der Waals surface area contributed by atoms with Crippen LogP contribution >= 0.6 is 0 Å². The first-order chi connectivity index (χ1) is 19.4. The van der Waals surface area contributed by atoms with Gasteiger partial charge in [0.1, 0.15) is 5.69 Å². The number of ether oxygens (including phenoxy) is 2. The van der Waals surface area contributed by atoms with Crippen LogP contribution in [0.3, 0.4) is 0 Å².